The van der Waals surface area contributed by atoms with Gasteiger partial charge in [-0.1, -0.05) is 6.42 Å². The molecule has 3 atom stereocenters. The van der Waals surface area contributed by atoms with Gasteiger partial charge in [-0.25, -0.2) is 13.1 Å². The monoisotopic (exact) mass is 573 g/mol. The van der Waals surface area contributed by atoms with Crippen LogP contribution in [0.15, 0.2) is 4.99 Å². The van der Waals surface area contributed by atoms with Gasteiger partial charge in [0.1, 0.15) is 12.3 Å². The van der Waals surface area contributed by atoms with Crippen LogP contribution in [-0.4, -0.2) is 98.4 Å². The van der Waals surface area contributed by atoms with Crippen molar-refractivity contribution in [3.8, 4) is 0 Å². The van der Waals surface area contributed by atoms with Crippen LogP contribution in [0.3, 0.4) is 0 Å². The number of nitrogens with one attached hydrogen (secondary N) is 2. The minimum atomic E-state index is -4.67. The fourth-order valence-electron chi connectivity index (χ4n) is 3.43. The Morgan fingerprint density at radius 3 is 2.30 bits per heavy atom. The van der Waals surface area contributed by atoms with E-state index in [0.717, 1.165) is 0 Å². The van der Waals surface area contributed by atoms with Crippen molar-refractivity contribution in [3.63, 3.8) is 0 Å². The number of rotatable bonds is 15. The van der Waals surface area contributed by atoms with Crippen molar-refractivity contribution in [1.29, 1.82) is 0 Å². The van der Waals surface area contributed by atoms with Crippen LogP contribution in [0.1, 0.15) is 51.9 Å². The lowest BCUT2D eigenvalue weighted by atomic mass is 10.1. The average molecular weight is 574 g/mol. The number of carbonyl (C=O) groups is 3. The SMILES string of the molecule is CCS(=O)(=O)NCCCC[C@@H](N)C(=O)N1CCC[C@H]1C(=O)N[C@H](C=O)CCCN=C(N)N.O=S(=O)(O)O. The first-order valence-electron chi connectivity index (χ1n) is 11.7. The lowest BCUT2D eigenvalue weighted by Gasteiger charge is -2.27. The number of aldehydes is 1. The van der Waals surface area contributed by atoms with Crippen LogP contribution in [0.5, 0.6) is 0 Å². The average Bonchev–Trinajstić information content (AvgIpc) is 3.28. The molecular formula is C19H39N7O9S2. The zero-order valence-corrected chi connectivity index (χ0v) is 22.4. The summed E-state index contributed by atoms with van der Waals surface area (Å²) in [5.41, 5.74) is 16.5. The molecule has 10 N–H and O–H groups in total. The molecule has 1 fully saturated rings. The van der Waals surface area contributed by atoms with E-state index < -0.39 is 38.5 Å². The molecule has 2 amide bonds. The predicted octanol–water partition coefficient (Wildman–Crippen LogP) is -2.50. The number of guanidine groups is 1. The summed E-state index contributed by atoms with van der Waals surface area (Å²) in [5.74, 6) is -0.705. The minimum absolute atomic E-state index is 0.0185. The van der Waals surface area contributed by atoms with E-state index in [1.807, 2.05) is 0 Å². The first-order chi connectivity index (χ1) is 17.1. The molecule has 0 aliphatic carbocycles. The fraction of sp³-hybridized carbons (Fsp3) is 0.789. The molecule has 0 aromatic rings. The number of hydrogen-bond donors (Lipinski definition) is 7. The summed E-state index contributed by atoms with van der Waals surface area (Å²) in [6, 6.07) is -2.12. The number of amides is 2. The molecule has 0 aromatic heterocycles. The van der Waals surface area contributed by atoms with Gasteiger partial charge in [0.25, 0.3) is 0 Å². The molecule has 1 rings (SSSR count). The van der Waals surface area contributed by atoms with Gasteiger partial charge in [-0.15, -0.1) is 0 Å². The van der Waals surface area contributed by atoms with Gasteiger partial charge in [-0.2, -0.15) is 8.42 Å². The molecular weight excluding hydrogens is 534 g/mol. The van der Waals surface area contributed by atoms with E-state index in [4.69, 9.17) is 34.7 Å². The highest BCUT2D eigenvalue weighted by molar-refractivity contribution is 7.89. The maximum Gasteiger partial charge on any atom is 0.394 e. The van der Waals surface area contributed by atoms with Crippen LogP contribution in [0.4, 0.5) is 0 Å². The lowest BCUT2D eigenvalue weighted by molar-refractivity contribution is -0.140. The summed E-state index contributed by atoms with van der Waals surface area (Å²) in [6.45, 7) is 2.63. The van der Waals surface area contributed by atoms with E-state index in [1.165, 1.54) is 4.90 Å². The Bertz CT molecular complexity index is 962. The normalized spacial score (nSPS) is 17.2. The Kier molecular flexibility index (Phi) is 16.1. The van der Waals surface area contributed by atoms with Gasteiger partial charge in [-0.05, 0) is 45.4 Å². The zero-order valence-electron chi connectivity index (χ0n) is 20.8. The summed E-state index contributed by atoms with van der Waals surface area (Å²) in [6.07, 6.45) is 4.26. The molecule has 1 saturated heterocycles. The molecule has 1 aliphatic heterocycles. The van der Waals surface area contributed by atoms with Crippen LogP contribution >= 0.6 is 0 Å². The quantitative estimate of drug-likeness (QED) is 0.0352. The van der Waals surface area contributed by atoms with Crippen molar-refractivity contribution < 1.29 is 40.3 Å². The Labute approximate surface area is 217 Å². The van der Waals surface area contributed by atoms with Gasteiger partial charge >= 0.3 is 10.4 Å². The van der Waals surface area contributed by atoms with Gasteiger partial charge in [0.05, 0.1) is 17.8 Å². The summed E-state index contributed by atoms with van der Waals surface area (Å²) in [7, 11) is -7.90. The first-order valence-corrected chi connectivity index (χ1v) is 14.7. The molecule has 0 unspecified atom stereocenters. The van der Waals surface area contributed by atoms with Crippen molar-refractivity contribution >= 4 is 44.5 Å². The van der Waals surface area contributed by atoms with E-state index in [2.05, 4.69) is 15.0 Å². The van der Waals surface area contributed by atoms with Crippen molar-refractivity contribution in [1.82, 2.24) is 14.9 Å². The number of nitrogens with two attached hydrogens (primary N) is 3. The lowest BCUT2D eigenvalue weighted by Crippen LogP contribution is -2.53. The van der Waals surface area contributed by atoms with Crippen molar-refractivity contribution in [2.45, 2.75) is 70.0 Å². The van der Waals surface area contributed by atoms with Gasteiger partial charge in [-0.3, -0.25) is 23.7 Å². The highest BCUT2D eigenvalue weighted by atomic mass is 32.3. The predicted molar refractivity (Wildman–Crippen MR) is 136 cm³/mol. The molecule has 1 heterocycles. The van der Waals surface area contributed by atoms with E-state index >= 15 is 0 Å². The van der Waals surface area contributed by atoms with E-state index in [9.17, 15) is 22.8 Å². The van der Waals surface area contributed by atoms with E-state index in [-0.39, 0.29) is 23.5 Å². The number of carbonyl (C=O) groups excluding carboxylic acids is 3. The van der Waals surface area contributed by atoms with Crippen molar-refractivity contribution in [3.05, 3.63) is 0 Å². The summed E-state index contributed by atoms with van der Waals surface area (Å²) < 4.78 is 56.9. The topological polar surface area (TPSA) is 278 Å². The number of nitrogens with zero attached hydrogens (tertiary/aromatic N) is 2. The number of unbranched alkanes of at least 4 members (excludes halogenated alkanes) is 1. The van der Waals surface area contributed by atoms with Gasteiger partial charge in [0, 0.05) is 19.6 Å². The fourth-order valence-corrected chi connectivity index (χ4v) is 4.09. The van der Waals surface area contributed by atoms with Crippen molar-refractivity contribution in [2.24, 2.45) is 22.2 Å². The molecule has 18 heteroatoms. The van der Waals surface area contributed by atoms with Crippen LogP contribution < -0.4 is 27.2 Å². The van der Waals surface area contributed by atoms with Crippen LogP contribution in [0.25, 0.3) is 0 Å². The first kappa shape index (κ1) is 34.6. The Balaban J connectivity index is 0.00000235. The number of hydrogen-bond acceptors (Lipinski definition) is 9. The summed E-state index contributed by atoms with van der Waals surface area (Å²) in [5, 5.41) is 2.68. The summed E-state index contributed by atoms with van der Waals surface area (Å²) >= 11 is 0. The Hall–Kier alpha value is -2.38. The van der Waals surface area contributed by atoms with Crippen LogP contribution in [0, 0.1) is 0 Å². The maximum absolute atomic E-state index is 12.8. The second kappa shape index (κ2) is 17.2. The largest absolute Gasteiger partial charge is 0.394 e. The molecule has 0 bridgehead atoms. The highest BCUT2D eigenvalue weighted by Gasteiger charge is 2.36. The van der Waals surface area contributed by atoms with Gasteiger partial charge in [0.15, 0.2) is 5.96 Å². The highest BCUT2D eigenvalue weighted by Crippen LogP contribution is 2.19. The molecule has 16 nitrogen and oxygen atoms in total. The van der Waals surface area contributed by atoms with Crippen LogP contribution in [0.2, 0.25) is 0 Å². The van der Waals surface area contributed by atoms with Gasteiger partial charge in [0.2, 0.25) is 21.8 Å². The molecule has 0 spiro atoms. The molecule has 0 saturated carbocycles. The number of aliphatic imine (C=N–C) groups is 1. The standard InChI is InChI=1S/C19H37N7O5S.H2O4S/c1-2-32(30,31)24-11-4-3-8-15(20)18(29)26-12-6-9-16(26)17(28)25-14(13-27)7-5-10-23-19(21)22;1-5(2,3)4/h13-16,24H,2-12,20H2,1H3,(H,25,28)(H4,21,22,23);(H2,1,2,3,4)/t14-,15+,16-;/m0./s1. The Morgan fingerprint density at radius 1 is 1.14 bits per heavy atom. The Morgan fingerprint density at radius 2 is 1.76 bits per heavy atom. The molecule has 1 aliphatic rings. The van der Waals surface area contributed by atoms with Gasteiger partial charge < -0.3 is 32.2 Å². The molecule has 0 radical (unpaired) electrons. The second-order valence-electron chi connectivity index (χ2n) is 8.24. The maximum atomic E-state index is 12.8. The third kappa shape index (κ3) is 16.9. The number of likely N-dealkylation sites (tertiary alicyclic amines) is 1. The molecule has 37 heavy (non-hydrogen) atoms. The molecule has 216 valence electrons. The summed E-state index contributed by atoms with van der Waals surface area (Å²) in [4.78, 5) is 42.1. The third-order valence-electron chi connectivity index (χ3n) is 5.26. The minimum Gasteiger partial charge on any atom is -0.370 e. The van der Waals surface area contributed by atoms with E-state index in [0.29, 0.717) is 70.9 Å². The third-order valence-corrected chi connectivity index (χ3v) is 6.66. The zero-order chi connectivity index (χ0) is 28.6. The molecule has 0 aromatic carbocycles. The van der Waals surface area contributed by atoms with Crippen LogP contribution in [-0.2, 0) is 34.8 Å². The second-order valence-corrected chi connectivity index (χ2v) is 11.2. The van der Waals surface area contributed by atoms with Crippen molar-refractivity contribution in [2.75, 3.05) is 25.4 Å². The smallest absolute Gasteiger partial charge is 0.370 e. The number of sulfonamides is 1. The van der Waals surface area contributed by atoms with E-state index in [1.54, 1.807) is 6.92 Å².